The molecule has 102 valence electrons. The van der Waals surface area contributed by atoms with Crippen LogP contribution in [-0.4, -0.2) is 28.9 Å². The zero-order valence-corrected chi connectivity index (χ0v) is 10.3. The van der Waals surface area contributed by atoms with Crippen molar-refractivity contribution in [2.75, 3.05) is 0 Å². The summed E-state index contributed by atoms with van der Waals surface area (Å²) < 4.78 is 13.1. The lowest BCUT2D eigenvalue weighted by Crippen LogP contribution is -2.43. The number of amides is 2. The molecule has 0 aliphatic heterocycles. The first kappa shape index (κ1) is 14.9. The summed E-state index contributed by atoms with van der Waals surface area (Å²) in [6.45, 7) is 0. The van der Waals surface area contributed by atoms with Crippen molar-refractivity contribution in [3.8, 4) is 0 Å². The molecular weight excluding hydrogens is 279 g/mol. The van der Waals surface area contributed by atoms with Crippen LogP contribution in [-0.2, 0) is 9.59 Å². The third-order valence-electron chi connectivity index (χ3n) is 2.20. The summed E-state index contributed by atoms with van der Waals surface area (Å²) in [4.78, 5) is 33.2. The van der Waals surface area contributed by atoms with E-state index in [0.29, 0.717) is 0 Å². The zero-order valence-electron chi connectivity index (χ0n) is 9.52. The van der Waals surface area contributed by atoms with Gasteiger partial charge in [-0.05, 0) is 12.1 Å². The van der Waals surface area contributed by atoms with Gasteiger partial charge >= 0.3 is 5.97 Å². The number of nitrogens with one attached hydrogen (secondary N) is 1. The third-order valence-corrected chi connectivity index (χ3v) is 2.59. The number of halogens is 2. The summed E-state index contributed by atoms with van der Waals surface area (Å²) in [6, 6.07) is 2.03. The van der Waals surface area contributed by atoms with Crippen molar-refractivity contribution in [2.24, 2.45) is 5.73 Å². The van der Waals surface area contributed by atoms with Crippen molar-refractivity contribution in [3.05, 3.63) is 34.6 Å². The summed E-state index contributed by atoms with van der Waals surface area (Å²) in [5, 5.41) is 10.4. The molecule has 2 amide bonds. The Labute approximate surface area is 112 Å². The van der Waals surface area contributed by atoms with Crippen molar-refractivity contribution >= 4 is 29.4 Å². The molecule has 0 aliphatic rings. The molecule has 1 aromatic rings. The first-order valence-corrected chi connectivity index (χ1v) is 5.46. The highest BCUT2D eigenvalue weighted by molar-refractivity contribution is 6.34. The number of carbonyl (C=O) groups is 3. The monoisotopic (exact) mass is 288 g/mol. The Morgan fingerprint density at radius 1 is 1.42 bits per heavy atom. The van der Waals surface area contributed by atoms with Crippen LogP contribution in [0.1, 0.15) is 16.8 Å². The van der Waals surface area contributed by atoms with E-state index in [-0.39, 0.29) is 5.56 Å². The Bertz CT molecular complexity index is 535. The maximum absolute atomic E-state index is 13.1. The van der Waals surface area contributed by atoms with Crippen LogP contribution in [0.25, 0.3) is 0 Å². The van der Waals surface area contributed by atoms with Crippen LogP contribution in [0.15, 0.2) is 18.2 Å². The molecule has 0 heterocycles. The fourth-order valence-electron chi connectivity index (χ4n) is 1.32. The number of carbonyl (C=O) groups excluding carboxylic acids is 2. The zero-order chi connectivity index (χ0) is 14.6. The van der Waals surface area contributed by atoms with Gasteiger partial charge in [-0.25, -0.2) is 9.18 Å². The molecule has 19 heavy (non-hydrogen) atoms. The summed E-state index contributed by atoms with van der Waals surface area (Å²) >= 11 is 5.58. The predicted octanol–water partition coefficient (Wildman–Crippen LogP) is 0.537. The normalized spacial score (nSPS) is 11.7. The number of primary amides is 1. The highest BCUT2D eigenvalue weighted by Crippen LogP contribution is 2.19. The summed E-state index contributed by atoms with van der Waals surface area (Å²) in [5.74, 6) is -4.04. The second kappa shape index (κ2) is 6.14. The molecule has 0 saturated heterocycles. The van der Waals surface area contributed by atoms with E-state index in [9.17, 15) is 18.8 Å². The number of nitrogens with two attached hydrogens (primary N) is 1. The molecule has 8 heteroatoms. The minimum absolute atomic E-state index is 0.225. The molecule has 0 fully saturated rings. The molecule has 1 unspecified atom stereocenters. The number of hydrogen-bond acceptors (Lipinski definition) is 3. The van der Waals surface area contributed by atoms with Crippen LogP contribution in [0, 0.1) is 5.82 Å². The van der Waals surface area contributed by atoms with Crippen molar-refractivity contribution in [2.45, 2.75) is 12.5 Å². The van der Waals surface area contributed by atoms with E-state index in [1.807, 2.05) is 5.32 Å². The van der Waals surface area contributed by atoms with Crippen LogP contribution in [0.4, 0.5) is 4.39 Å². The Kier molecular flexibility index (Phi) is 4.82. The number of rotatable bonds is 5. The maximum Gasteiger partial charge on any atom is 0.326 e. The van der Waals surface area contributed by atoms with Crippen molar-refractivity contribution < 1.29 is 23.9 Å². The lowest BCUT2D eigenvalue weighted by Gasteiger charge is -2.13. The van der Waals surface area contributed by atoms with E-state index < -0.39 is 41.1 Å². The van der Waals surface area contributed by atoms with Crippen LogP contribution >= 0.6 is 11.6 Å². The van der Waals surface area contributed by atoms with Crippen molar-refractivity contribution in [3.63, 3.8) is 0 Å². The van der Waals surface area contributed by atoms with Gasteiger partial charge in [-0.3, -0.25) is 9.59 Å². The Balaban J connectivity index is 2.91. The van der Waals surface area contributed by atoms with Gasteiger partial charge in [0.15, 0.2) is 0 Å². The average molecular weight is 289 g/mol. The predicted molar refractivity (Wildman–Crippen MR) is 64.1 cm³/mol. The fourth-order valence-corrected chi connectivity index (χ4v) is 1.53. The molecule has 0 spiro atoms. The van der Waals surface area contributed by atoms with Gasteiger partial charge in [-0.15, -0.1) is 0 Å². The summed E-state index contributed by atoms with van der Waals surface area (Å²) in [6.07, 6.45) is -0.575. The molecule has 0 saturated carbocycles. The number of hydrogen-bond donors (Lipinski definition) is 3. The number of aliphatic carboxylic acids is 1. The minimum Gasteiger partial charge on any atom is -0.480 e. The van der Waals surface area contributed by atoms with Gasteiger partial charge in [0.05, 0.1) is 17.0 Å². The highest BCUT2D eigenvalue weighted by atomic mass is 35.5. The number of carboxylic acid groups (broad SMARTS) is 1. The minimum atomic E-state index is -1.50. The van der Waals surface area contributed by atoms with Crippen molar-refractivity contribution in [1.82, 2.24) is 5.32 Å². The van der Waals surface area contributed by atoms with Gasteiger partial charge in [0.25, 0.3) is 5.91 Å². The molecule has 0 aliphatic carbocycles. The first-order valence-electron chi connectivity index (χ1n) is 5.09. The van der Waals surface area contributed by atoms with E-state index >= 15 is 0 Å². The average Bonchev–Trinajstić information content (AvgIpc) is 2.31. The molecular formula is C11H10ClFN2O4. The van der Waals surface area contributed by atoms with Gasteiger partial charge in [-0.2, -0.15) is 0 Å². The van der Waals surface area contributed by atoms with Gasteiger partial charge in [0, 0.05) is 0 Å². The Morgan fingerprint density at radius 3 is 2.58 bits per heavy atom. The SMILES string of the molecule is NC(=O)CC(NC(=O)c1cccc(F)c1Cl)C(=O)O. The first-order chi connectivity index (χ1) is 8.82. The molecule has 0 bridgehead atoms. The van der Waals surface area contributed by atoms with Gasteiger partial charge in [-0.1, -0.05) is 17.7 Å². The van der Waals surface area contributed by atoms with Gasteiger partial charge < -0.3 is 16.2 Å². The van der Waals surface area contributed by atoms with E-state index in [4.69, 9.17) is 22.4 Å². The topological polar surface area (TPSA) is 109 Å². The molecule has 1 rings (SSSR count). The van der Waals surface area contributed by atoms with E-state index in [1.54, 1.807) is 0 Å². The molecule has 1 aromatic carbocycles. The standard InChI is InChI=1S/C11H10ClFN2O4/c12-9-5(2-1-3-6(9)13)10(17)15-7(11(18)19)4-8(14)16/h1-3,7H,4H2,(H2,14,16)(H,15,17)(H,18,19). The van der Waals surface area contributed by atoms with Crippen LogP contribution in [0.2, 0.25) is 5.02 Å². The molecule has 0 radical (unpaired) electrons. The van der Waals surface area contributed by atoms with Crippen molar-refractivity contribution in [1.29, 1.82) is 0 Å². The Hall–Kier alpha value is -2.15. The maximum atomic E-state index is 13.1. The van der Waals surface area contributed by atoms with Gasteiger partial charge in [0.2, 0.25) is 5.91 Å². The summed E-state index contributed by atoms with van der Waals surface area (Å²) in [5.41, 5.74) is 4.64. The molecule has 4 N–H and O–H groups in total. The fraction of sp³-hybridized carbons (Fsp3) is 0.182. The summed E-state index contributed by atoms with van der Waals surface area (Å²) in [7, 11) is 0. The smallest absolute Gasteiger partial charge is 0.326 e. The Morgan fingerprint density at radius 2 is 2.05 bits per heavy atom. The van der Waals surface area contributed by atoms with Crippen LogP contribution in [0.3, 0.4) is 0 Å². The quantitative estimate of drug-likeness (QED) is 0.734. The molecule has 0 aromatic heterocycles. The second-order valence-corrected chi connectivity index (χ2v) is 4.01. The van der Waals surface area contributed by atoms with Gasteiger partial charge in [0.1, 0.15) is 11.9 Å². The molecule has 1 atom stereocenters. The van der Waals surface area contributed by atoms with E-state index in [1.165, 1.54) is 12.1 Å². The van der Waals surface area contributed by atoms with E-state index in [0.717, 1.165) is 6.07 Å². The lowest BCUT2D eigenvalue weighted by molar-refractivity contribution is -0.140. The largest absolute Gasteiger partial charge is 0.480 e. The molecule has 6 nitrogen and oxygen atoms in total. The van der Waals surface area contributed by atoms with Crippen LogP contribution in [0.5, 0.6) is 0 Å². The highest BCUT2D eigenvalue weighted by Gasteiger charge is 2.24. The van der Waals surface area contributed by atoms with E-state index in [2.05, 4.69) is 0 Å². The second-order valence-electron chi connectivity index (χ2n) is 3.64. The lowest BCUT2D eigenvalue weighted by atomic mass is 10.1. The van der Waals surface area contributed by atoms with Crippen LogP contribution < -0.4 is 11.1 Å². The number of carboxylic acids is 1. The number of benzene rings is 1. The third kappa shape index (κ3) is 3.92.